The van der Waals surface area contributed by atoms with Gasteiger partial charge in [-0.2, -0.15) is 0 Å². The van der Waals surface area contributed by atoms with Crippen molar-refractivity contribution >= 4 is 11.8 Å². The highest BCUT2D eigenvalue weighted by atomic mass is 32.2. The third-order valence-corrected chi connectivity index (χ3v) is 3.80. The number of thioether (sulfide) groups is 1. The zero-order valence-corrected chi connectivity index (χ0v) is 10.8. The number of fused-ring (bicyclic) bond motifs is 1. The Hall–Kier alpha value is -1.59. The molecule has 2 aromatic rings. The van der Waals surface area contributed by atoms with E-state index in [0.29, 0.717) is 18.9 Å². The SMILES string of the molecule is CSc1ccc(-c2nc3c(c(=O)[nH]2)CNC3)cc1. The van der Waals surface area contributed by atoms with Crippen LogP contribution in [0.15, 0.2) is 34.0 Å². The topological polar surface area (TPSA) is 57.8 Å². The van der Waals surface area contributed by atoms with E-state index in [1.807, 2.05) is 30.5 Å². The number of aromatic amines is 1. The average Bonchev–Trinajstić information content (AvgIpc) is 2.88. The normalized spacial score (nSPS) is 13.6. The van der Waals surface area contributed by atoms with Crippen LogP contribution in [0.25, 0.3) is 11.4 Å². The number of benzene rings is 1. The fourth-order valence-electron chi connectivity index (χ4n) is 2.06. The Labute approximate surface area is 109 Å². The summed E-state index contributed by atoms with van der Waals surface area (Å²) in [5.74, 6) is 0.648. The zero-order valence-electron chi connectivity index (χ0n) is 9.99. The van der Waals surface area contributed by atoms with Gasteiger partial charge in [-0.1, -0.05) is 12.1 Å². The first-order chi connectivity index (χ1) is 8.78. The summed E-state index contributed by atoms with van der Waals surface area (Å²) < 4.78 is 0. The molecule has 0 spiro atoms. The van der Waals surface area contributed by atoms with E-state index in [2.05, 4.69) is 15.3 Å². The lowest BCUT2D eigenvalue weighted by Crippen LogP contribution is -2.15. The van der Waals surface area contributed by atoms with Crippen LogP contribution < -0.4 is 10.9 Å². The molecule has 1 aromatic carbocycles. The second kappa shape index (κ2) is 4.59. The molecule has 0 saturated carbocycles. The second-order valence-electron chi connectivity index (χ2n) is 4.17. The third-order valence-electron chi connectivity index (χ3n) is 3.06. The van der Waals surface area contributed by atoms with E-state index >= 15 is 0 Å². The molecule has 4 nitrogen and oxygen atoms in total. The second-order valence-corrected chi connectivity index (χ2v) is 5.05. The number of nitrogens with one attached hydrogen (secondary N) is 2. The summed E-state index contributed by atoms with van der Waals surface area (Å²) in [6, 6.07) is 8.04. The molecular weight excluding hydrogens is 246 g/mol. The number of hydrogen-bond acceptors (Lipinski definition) is 4. The van der Waals surface area contributed by atoms with E-state index in [-0.39, 0.29) is 5.56 Å². The molecule has 1 aliphatic heterocycles. The van der Waals surface area contributed by atoms with Crippen LogP contribution in [0.1, 0.15) is 11.3 Å². The molecule has 1 aromatic heterocycles. The lowest BCUT2D eigenvalue weighted by molar-refractivity contribution is 0.757. The fourth-order valence-corrected chi connectivity index (χ4v) is 2.47. The van der Waals surface area contributed by atoms with Crippen LogP contribution >= 0.6 is 11.8 Å². The molecule has 0 fully saturated rings. The highest BCUT2D eigenvalue weighted by Crippen LogP contribution is 2.21. The molecule has 0 amide bonds. The van der Waals surface area contributed by atoms with Crippen molar-refractivity contribution in [3.8, 4) is 11.4 Å². The third kappa shape index (κ3) is 1.95. The van der Waals surface area contributed by atoms with E-state index in [1.165, 1.54) is 4.90 Å². The van der Waals surface area contributed by atoms with Gasteiger partial charge in [-0.15, -0.1) is 11.8 Å². The predicted molar refractivity (Wildman–Crippen MR) is 72.6 cm³/mol. The van der Waals surface area contributed by atoms with Crippen molar-refractivity contribution in [3.63, 3.8) is 0 Å². The lowest BCUT2D eigenvalue weighted by atomic mass is 10.2. The number of aromatic nitrogens is 2. The fraction of sp³-hybridized carbons (Fsp3) is 0.231. The minimum absolute atomic E-state index is 0.0334. The maximum Gasteiger partial charge on any atom is 0.255 e. The first-order valence-corrected chi connectivity index (χ1v) is 6.97. The van der Waals surface area contributed by atoms with Crippen molar-refractivity contribution in [1.82, 2.24) is 15.3 Å². The zero-order chi connectivity index (χ0) is 12.5. The Morgan fingerprint density at radius 1 is 1.22 bits per heavy atom. The van der Waals surface area contributed by atoms with Gasteiger partial charge in [-0.25, -0.2) is 4.98 Å². The summed E-state index contributed by atoms with van der Waals surface area (Å²) in [6.45, 7) is 1.29. The van der Waals surface area contributed by atoms with Crippen LogP contribution in [0.3, 0.4) is 0 Å². The number of rotatable bonds is 2. The van der Waals surface area contributed by atoms with Gasteiger partial charge < -0.3 is 10.3 Å². The van der Waals surface area contributed by atoms with Gasteiger partial charge in [-0.05, 0) is 18.4 Å². The standard InChI is InChI=1S/C13H13N3OS/c1-18-9-4-2-8(3-5-9)12-15-11-7-14-6-10(11)13(17)16-12/h2-5,14H,6-7H2,1H3,(H,15,16,17). The summed E-state index contributed by atoms with van der Waals surface area (Å²) >= 11 is 1.69. The first-order valence-electron chi connectivity index (χ1n) is 5.75. The molecule has 92 valence electrons. The molecule has 0 radical (unpaired) electrons. The van der Waals surface area contributed by atoms with Crippen LogP contribution in [-0.2, 0) is 13.1 Å². The number of H-pyrrole nitrogens is 1. The van der Waals surface area contributed by atoms with Crippen LogP contribution in [-0.4, -0.2) is 16.2 Å². The van der Waals surface area contributed by atoms with E-state index in [4.69, 9.17) is 0 Å². The van der Waals surface area contributed by atoms with Gasteiger partial charge in [0.15, 0.2) is 0 Å². The van der Waals surface area contributed by atoms with Gasteiger partial charge in [0.1, 0.15) is 5.82 Å². The smallest absolute Gasteiger partial charge is 0.255 e. The first kappa shape index (κ1) is 11.5. The van der Waals surface area contributed by atoms with Gasteiger partial charge in [0.2, 0.25) is 0 Å². The minimum atomic E-state index is -0.0334. The molecule has 2 N–H and O–H groups in total. The average molecular weight is 259 g/mol. The molecular formula is C13H13N3OS. The minimum Gasteiger partial charge on any atom is -0.307 e. The Balaban J connectivity index is 2.06. The van der Waals surface area contributed by atoms with Gasteiger partial charge in [0, 0.05) is 23.5 Å². The van der Waals surface area contributed by atoms with E-state index in [9.17, 15) is 4.79 Å². The van der Waals surface area contributed by atoms with Crippen LogP contribution in [0.4, 0.5) is 0 Å². The van der Waals surface area contributed by atoms with Crippen LogP contribution in [0.5, 0.6) is 0 Å². The maximum absolute atomic E-state index is 11.9. The molecule has 0 bridgehead atoms. The van der Waals surface area contributed by atoms with Crippen molar-refractivity contribution in [2.75, 3.05) is 6.26 Å². The van der Waals surface area contributed by atoms with Gasteiger partial charge >= 0.3 is 0 Å². The van der Waals surface area contributed by atoms with Crippen molar-refractivity contribution < 1.29 is 0 Å². The lowest BCUT2D eigenvalue weighted by Gasteiger charge is -2.04. The highest BCUT2D eigenvalue weighted by molar-refractivity contribution is 7.98. The Morgan fingerprint density at radius 2 is 2.00 bits per heavy atom. The predicted octanol–water partition coefficient (Wildman–Crippen LogP) is 1.76. The summed E-state index contributed by atoms with van der Waals surface area (Å²) in [5.41, 5.74) is 2.54. The van der Waals surface area contributed by atoms with E-state index in [1.54, 1.807) is 11.8 Å². The Morgan fingerprint density at radius 3 is 2.72 bits per heavy atom. The molecule has 1 aliphatic rings. The molecule has 0 saturated heterocycles. The van der Waals surface area contributed by atoms with Crippen molar-refractivity contribution in [1.29, 1.82) is 0 Å². The van der Waals surface area contributed by atoms with Crippen molar-refractivity contribution in [2.45, 2.75) is 18.0 Å². The molecule has 5 heteroatoms. The maximum atomic E-state index is 11.9. The molecule has 18 heavy (non-hydrogen) atoms. The van der Waals surface area contributed by atoms with E-state index < -0.39 is 0 Å². The quantitative estimate of drug-likeness (QED) is 0.807. The molecule has 2 heterocycles. The molecule has 0 unspecified atom stereocenters. The van der Waals surface area contributed by atoms with E-state index in [0.717, 1.165) is 16.8 Å². The highest BCUT2D eigenvalue weighted by Gasteiger charge is 2.16. The summed E-state index contributed by atoms with van der Waals surface area (Å²) in [4.78, 5) is 20.4. The van der Waals surface area contributed by atoms with Crippen LogP contribution in [0.2, 0.25) is 0 Å². The van der Waals surface area contributed by atoms with Crippen LogP contribution in [0, 0.1) is 0 Å². The van der Waals surface area contributed by atoms with Gasteiger partial charge in [0.05, 0.1) is 11.3 Å². The molecule has 0 atom stereocenters. The summed E-state index contributed by atoms with van der Waals surface area (Å²) in [7, 11) is 0. The molecule has 3 rings (SSSR count). The van der Waals surface area contributed by atoms with Gasteiger partial charge in [0.25, 0.3) is 5.56 Å². The summed E-state index contributed by atoms with van der Waals surface area (Å²) in [5, 5.41) is 3.14. The largest absolute Gasteiger partial charge is 0.307 e. The van der Waals surface area contributed by atoms with Gasteiger partial charge in [-0.3, -0.25) is 4.79 Å². The Kier molecular flexibility index (Phi) is 2.93. The number of hydrogen-bond donors (Lipinski definition) is 2. The number of nitrogens with zero attached hydrogens (tertiary/aromatic N) is 1. The monoisotopic (exact) mass is 259 g/mol. The molecule has 0 aliphatic carbocycles. The Bertz CT molecular complexity index is 634. The summed E-state index contributed by atoms with van der Waals surface area (Å²) in [6.07, 6.45) is 2.04. The van der Waals surface area contributed by atoms with Crippen molar-refractivity contribution in [3.05, 3.63) is 45.9 Å². The van der Waals surface area contributed by atoms with Crippen molar-refractivity contribution in [2.24, 2.45) is 0 Å².